The van der Waals surface area contributed by atoms with Crippen LogP contribution in [0, 0.1) is 5.92 Å². The molecule has 2 N–H and O–H groups in total. The second-order valence-electron chi connectivity index (χ2n) is 6.48. The van der Waals surface area contributed by atoms with Gasteiger partial charge in [-0.25, -0.2) is 15.0 Å². The number of nitrogens with zero attached hydrogens (tertiary/aromatic N) is 3. The van der Waals surface area contributed by atoms with Gasteiger partial charge in [-0.2, -0.15) is 0 Å². The van der Waals surface area contributed by atoms with Gasteiger partial charge in [0.1, 0.15) is 0 Å². The number of nitrogens with one attached hydrogen (secondary N) is 2. The van der Waals surface area contributed by atoms with Crippen LogP contribution in [0.1, 0.15) is 12.8 Å². The molecule has 2 atom stereocenters. The van der Waals surface area contributed by atoms with Crippen molar-refractivity contribution in [2.24, 2.45) is 5.92 Å². The molecule has 0 aliphatic carbocycles. The summed E-state index contributed by atoms with van der Waals surface area (Å²) in [5.41, 5.74) is 4.47. The van der Waals surface area contributed by atoms with Crippen LogP contribution in [0.3, 0.4) is 0 Å². The Hall–Kier alpha value is -1.76. The number of hydrogen-bond donors (Lipinski definition) is 2. The summed E-state index contributed by atoms with van der Waals surface area (Å²) in [6.45, 7) is 3.25. The van der Waals surface area contributed by atoms with Crippen molar-refractivity contribution in [1.82, 2.24) is 20.3 Å². The summed E-state index contributed by atoms with van der Waals surface area (Å²) in [5, 5.41) is 7.11. The Labute approximate surface area is 138 Å². The van der Waals surface area contributed by atoms with Crippen LogP contribution in [0.5, 0.6) is 0 Å². The number of thiophene rings is 1. The summed E-state index contributed by atoms with van der Waals surface area (Å²) in [7, 11) is 0. The van der Waals surface area contributed by atoms with Crippen LogP contribution >= 0.6 is 11.3 Å². The summed E-state index contributed by atoms with van der Waals surface area (Å²) in [5.74, 6) is 1.46. The topological polar surface area (TPSA) is 53.1 Å². The third-order valence-electron chi connectivity index (χ3n) is 4.97. The van der Waals surface area contributed by atoms with Crippen LogP contribution in [0.2, 0.25) is 0 Å². The van der Waals surface area contributed by atoms with Crippen molar-refractivity contribution in [3.63, 3.8) is 0 Å². The van der Waals surface area contributed by atoms with Crippen LogP contribution in [-0.4, -0.2) is 40.7 Å². The molecule has 2 fully saturated rings. The first-order valence-electron chi connectivity index (χ1n) is 8.26. The van der Waals surface area contributed by atoms with Gasteiger partial charge in [0.05, 0.1) is 16.4 Å². The summed E-state index contributed by atoms with van der Waals surface area (Å²) in [6.07, 6.45) is 4.56. The number of fused-ring (bicyclic) bond motifs is 4. The number of aromatic nitrogens is 2. The van der Waals surface area contributed by atoms with E-state index >= 15 is 0 Å². The molecule has 1 aromatic carbocycles. The minimum atomic E-state index is 0.613. The van der Waals surface area contributed by atoms with E-state index in [2.05, 4.69) is 45.0 Å². The molecule has 0 spiro atoms. The van der Waals surface area contributed by atoms with E-state index in [9.17, 15) is 0 Å². The Balaban J connectivity index is 1.43. The molecule has 2 unspecified atom stereocenters. The number of hydrogen-bond acceptors (Lipinski definition) is 6. The highest BCUT2D eigenvalue weighted by Crippen LogP contribution is 2.32. The van der Waals surface area contributed by atoms with Crippen LogP contribution in [-0.2, 0) is 0 Å². The Morgan fingerprint density at radius 3 is 3.13 bits per heavy atom. The van der Waals surface area contributed by atoms with E-state index in [1.807, 2.05) is 6.20 Å². The maximum Gasteiger partial charge on any atom is 0.238 e. The zero-order chi connectivity index (χ0) is 15.2. The average molecular weight is 325 g/mol. The van der Waals surface area contributed by atoms with Gasteiger partial charge >= 0.3 is 0 Å². The van der Waals surface area contributed by atoms with Crippen LogP contribution in [0.4, 0.5) is 5.95 Å². The second kappa shape index (κ2) is 5.40. The SMILES string of the molecule is c1ccc2c(c1)sc1cnc(NN3CC4CCCNC4C3)nc12. The van der Waals surface area contributed by atoms with Gasteiger partial charge in [0.2, 0.25) is 5.95 Å². The number of hydrazine groups is 1. The lowest BCUT2D eigenvalue weighted by Crippen LogP contribution is -2.41. The van der Waals surface area contributed by atoms with Crippen molar-refractivity contribution < 1.29 is 0 Å². The van der Waals surface area contributed by atoms with Gasteiger partial charge in [-0.1, -0.05) is 18.2 Å². The van der Waals surface area contributed by atoms with Gasteiger partial charge in [0.15, 0.2) is 0 Å². The van der Waals surface area contributed by atoms with E-state index < -0.39 is 0 Å². The molecule has 2 aromatic heterocycles. The molecule has 118 valence electrons. The third-order valence-corrected chi connectivity index (χ3v) is 6.07. The van der Waals surface area contributed by atoms with Gasteiger partial charge in [-0.15, -0.1) is 11.3 Å². The molecule has 6 heteroatoms. The van der Waals surface area contributed by atoms with E-state index in [0.717, 1.165) is 35.8 Å². The molecule has 5 rings (SSSR count). The van der Waals surface area contributed by atoms with Crippen molar-refractivity contribution in [2.75, 3.05) is 25.1 Å². The number of benzene rings is 1. The molecule has 2 saturated heterocycles. The Morgan fingerprint density at radius 1 is 1.22 bits per heavy atom. The number of rotatable bonds is 2. The molecular weight excluding hydrogens is 306 g/mol. The van der Waals surface area contributed by atoms with Crippen molar-refractivity contribution in [3.8, 4) is 0 Å². The molecule has 23 heavy (non-hydrogen) atoms. The predicted octanol–water partition coefficient (Wildman–Crippen LogP) is 2.86. The molecule has 0 saturated carbocycles. The van der Waals surface area contributed by atoms with Crippen molar-refractivity contribution >= 4 is 37.6 Å². The lowest BCUT2D eigenvalue weighted by molar-refractivity contribution is 0.337. The minimum Gasteiger partial charge on any atom is -0.312 e. The highest BCUT2D eigenvalue weighted by atomic mass is 32.1. The van der Waals surface area contributed by atoms with Crippen molar-refractivity contribution in [1.29, 1.82) is 0 Å². The minimum absolute atomic E-state index is 0.613. The lowest BCUT2D eigenvalue weighted by atomic mass is 9.94. The zero-order valence-electron chi connectivity index (χ0n) is 12.8. The molecule has 2 aliphatic rings. The monoisotopic (exact) mass is 325 g/mol. The van der Waals surface area contributed by atoms with Crippen molar-refractivity contribution in [2.45, 2.75) is 18.9 Å². The number of piperidine rings is 1. The molecule has 4 heterocycles. The quantitative estimate of drug-likeness (QED) is 0.759. The maximum atomic E-state index is 4.77. The predicted molar refractivity (Wildman–Crippen MR) is 94.6 cm³/mol. The fourth-order valence-electron chi connectivity index (χ4n) is 3.84. The third kappa shape index (κ3) is 2.38. The van der Waals surface area contributed by atoms with Crippen LogP contribution in [0.15, 0.2) is 30.5 Å². The summed E-state index contributed by atoms with van der Waals surface area (Å²) in [4.78, 5) is 9.28. The Morgan fingerprint density at radius 2 is 2.17 bits per heavy atom. The standard InChI is InChI=1S/C17H19N5S/c1-2-6-14-12(5-1)16-15(23-14)8-19-17(20-16)21-22-9-11-4-3-7-18-13(11)10-22/h1-2,5-6,8,11,13,18H,3-4,7,9-10H2,(H,19,20,21). The molecule has 0 amide bonds. The van der Waals surface area contributed by atoms with E-state index in [0.29, 0.717) is 12.0 Å². The van der Waals surface area contributed by atoms with Gasteiger partial charge in [0.25, 0.3) is 0 Å². The summed E-state index contributed by atoms with van der Waals surface area (Å²) in [6, 6.07) is 9.04. The first-order chi connectivity index (χ1) is 11.4. The molecule has 3 aromatic rings. The molecule has 0 bridgehead atoms. The van der Waals surface area contributed by atoms with Gasteiger partial charge in [0, 0.05) is 29.2 Å². The second-order valence-corrected chi connectivity index (χ2v) is 7.57. The van der Waals surface area contributed by atoms with Crippen LogP contribution < -0.4 is 10.7 Å². The lowest BCUT2D eigenvalue weighted by Gasteiger charge is -2.24. The van der Waals surface area contributed by atoms with Gasteiger partial charge in [-0.3, -0.25) is 5.43 Å². The van der Waals surface area contributed by atoms with E-state index in [4.69, 9.17) is 4.98 Å². The maximum absolute atomic E-state index is 4.77. The molecule has 2 aliphatic heterocycles. The molecule has 0 radical (unpaired) electrons. The summed E-state index contributed by atoms with van der Waals surface area (Å²) < 4.78 is 2.42. The molecule has 5 nitrogen and oxygen atoms in total. The first-order valence-corrected chi connectivity index (χ1v) is 9.08. The normalized spacial score (nSPS) is 25.0. The van der Waals surface area contributed by atoms with Gasteiger partial charge < -0.3 is 5.32 Å². The smallest absolute Gasteiger partial charge is 0.238 e. The zero-order valence-corrected chi connectivity index (χ0v) is 13.6. The van der Waals surface area contributed by atoms with Crippen LogP contribution in [0.25, 0.3) is 20.3 Å². The fraction of sp³-hybridized carbons (Fsp3) is 0.412. The first kappa shape index (κ1) is 13.7. The average Bonchev–Trinajstić information content (AvgIpc) is 3.15. The fourth-order valence-corrected chi connectivity index (χ4v) is 4.86. The Kier molecular flexibility index (Phi) is 3.21. The van der Waals surface area contributed by atoms with Gasteiger partial charge in [-0.05, 0) is 31.4 Å². The van der Waals surface area contributed by atoms with E-state index in [-0.39, 0.29) is 0 Å². The molecular formula is C17H19N5S. The van der Waals surface area contributed by atoms with E-state index in [1.165, 1.54) is 22.9 Å². The van der Waals surface area contributed by atoms with E-state index in [1.54, 1.807) is 11.3 Å². The largest absolute Gasteiger partial charge is 0.312 e. The van der Waals surface area contributed by atoms with Crippen molar-refractivity contribution in [3.05, 3.63) is 30.5 Å². The Bertz CT molecular complexity index is 846. The summed E-state index contributed by atoms with van der Waals surface area (Å²) >= 11 is 1.75. The highest BCUT2D eigenvalue weighted by Gasteiger charge is 2.34. The highest BCUT2D eigenvalue weighted by molar-refractivity contribution is 7.25. The number of anilines is 1.